The van der Waals surface area contributed by atoms with E-state index in [2.05, 4.69) is 73.3 Å². The van der Waals surface area contributed by atoms with Gasteiger partial charge in [-0.25, -0.2) is 4.98 Å². The Morgan fingerprint density at radius 3 is 2.38 bits per heavy atom. The van der Waals surface area contributed by atoms with E-state index in [1.165, 1.54) is 23.3 Å². The van der Waals surface area contributed by atoms with Gasteiger partial charge in [0.15, 0.2) is 0 Å². The van der Waals surface area contributed by atoms with Crippen LogP contribution in [0.15, 0.2) is 89.2 Å². The number of carbonyl (C=O) groups is 4. The van der Waals surface area contributed by atoms with Gasteiger partial charge in [-0.3, -0.25) is 29.1 Å². The Hall–Kier alpha value is -5.44. The number of β-amino-alcohol motifs (C(OH)–C–C–N with tert-alkyl or cyclic N) is 1. The number of nitrogens with two attached hydrogens (primary N) is 1. The number of aliphatic hydroxyl groups excluding tert-OH is 1. The van der Waals surface area contributed by atoms with Crippen molar-refractivity contribution in [2.45, 2.75) is 109 Å². The number of aromatic nitrogens is 1. The van der Waals surface area contributed by atoms with E-state index in [9.17, 15) is 24.3 Å². The second-order valence-corrected chi connectivity index (χ2v) is 19.5. The third-order valence-corrected chi connectivity index (χ3v) is 13.3. The van der Waals surface area contributed by atoms with Crippen LogP contribution in [0.1, 0.15) is 92.2 Å². The van der Waals surface area contributed by atoms with Crippen LogP contribution in [0, 0.1) is 18.8 Å². The lowest BCUT2D eigenvalue weighted by Gasteiger charge is -2.47. The number of amidine groups is 1. The summed E-state index contributed by atoms with van der Waals surface area (Å²) in [7, 11) is 2.10. The highest BCUT2D eigenvalue weighted by molar-refractivity contribution is 7.11. The normalized spacial score (nSPS) is 20.5. The molecule has 6 atom stereocenters. The number of para-hydroxylation sites is 1. The molecule has 2 aliphatic heterocycles. The van der Waals surface area contributed by atoms with Crippen molar-refractivity contribution < 1.29 is 24.3 Å². The third kappa shape index (κ3) is 13.8. The molecule has 7 rings (SSSR count). The first kappa shape index (κ1) is 48.0. The van der Waals surface area contributed by atoms with Crippen molar-refractivity contribution in [2.75, 3.05) is 33.2 Å². The monoisotopic (exact) mass is 890 g/mol. The summed E-state index contributed by atoms with van der Waals surface area (Å²) in [6, 6.07) is 19.8. The summed E-state index contributed by atoms with van der Waals surface area (Å²) in [5, 5.41) is 23.5. The number of likely N-dealkylation sites (tertiary alicyclic amines) is 1. The van der Waals surface area contributed by atoms with Gasteiger partial charge in [0.05, 0.1) is 30.1 Å². The predicted octanol–water partition coefficient (Wildman–Crippen LogP) is 5.90. The van der Waals surface area contributed by atoms with Crippen molar-refractivity contribution in [3.05, 3.63) is 106 Å². The first-order chi connectivity index (χ1) is 30.6. The van der Waals surface area contributed by atoms with Crippen LogP contribution in [-0.4, -0.2) is 112 Å². The van der Waals surface area contributed by atoms with Crippen molar-refractivity contribution >= 4 is 57.8 Å². The molecule has 1 aliphatic carbocycles. The SMILES string of the molecule is CC(C)(C)NC(=O)[C@@H]1C[C@@H]2CCCC[C@@H]2CN1C[C@@H](O)[C@H](Cc1ccccc1)NC(=O)[C@H](CC(N)=O)NC(=O)c1ccc2ccccc2n1.Cc1ccsc1/C=C/C1=NCCCN1C. The number of pyridine rings is 1. The van der Waals surface area contributed by atoms with Crippen molar-refractivity contribution in [1.29, 1.82) is 0 Å². The number of hydrogen-bond donors (Lipinski definition) is 5. The molecule has 0 bridgehead atoms. The molecular formula is C50H66N8O5S. The van der Waals surface area contributed by atoms with Gasteiger partial charge in [-0.15, -0.1) is 11.3 Å². The Labute approximate surface area is 382 Å². The maximum Gasteiger partial charge on any atom is 0.270 e. The number of nitrogens with zero attached hydrogens (tertiary/aromatic N) is 4. The number of rotatable bonds is 14. The maximum absolute atomic E-state index is 13.8. The molecule has 64 heavy (non-hydrogen) atoms. The minimum absolute atomic E-state index is 0.0566. The molecule has 2 aromatic carbocycles. The zero-order valence-electron chi connectivity index (χ0n) is 38.0. The molecule has 2 fully saturated rings. The molecule has 4 heterocycles. The summed E-state index contributed by atoms with van der Waals surface area (Å²) < 4.78 is 0. The van der Waals surface area contributed by atoms with E-state index in [0.29, 0.717) is 23.9 Å². The molecule has 0 unspecified atom stereocenters. The number of carbonyl (C=O) groups excluding carboxylic acids is 4. The van der Waals surface area contributed by atoms with Gasteiger partial charge in [-0.05, 0) is 112 Å². The van der Waals surface area contributed by atoms with Gasteiger partial charge < -0.3 is 31.7 Å². The van der Waals surface area contributed by atoms with Gasteiger partial charge in [0.1, 0.15) is 17.6 Å². The van der Waals surface area contributed by atoms with E-state index in [1.807, 2.05) is 69.3 Å². The Kier molecular flexibility index (Phi) is 16.8. The van der Waals surface area contributed by atoms with E-state index >= 15 is 0 Å². The molecule has 6 N–H and O–H groups in total. The van der Waals surface area contributed by atoms with Crippen LogP contribution in [0.3, 0.4) is 0 Å². The zero-order chi connectivity index (χ0) is 45.8. The van der Waals surface area contributed by atoms with Crippen LogP contribution in [-0.2, 0) is 20.8 Å². The molecule has 342 valence electrons. The molecule has 14 heteroatoms. The highest BCUT2D eigenvalue weighted by atomic mass is 32.1. The van der Waals surface area contributed by atoms with Crippen molar-refractivity contribution in [2.24, 2.45) is 22.6 Å². The molecule has 1 saturated carbocycles. The fraction of sp³-hybridized carbons (Fsp3) is 0.480. The summed E-state index contributed by atoms with van der Waals surface area (Å²) in [5.74, 6) is -0.0898. The fourth-order valence-corrected chi connectivity index (χ4v) is 9.71. The Morgan fingerprint density at radius 2 is 1.67 bits per heavy atom. The lowest BCUT2D eigenvalue weighted by molar-refractivity contribution is -0.133. The van der Waals surface area contributed by atoms with Crippen LogP contribution < -0.4 is 21.7 Å². The highest BCUT2D eigenvalue weighted by Gasteiger charge is 2.42. The Morgan fingerprint density at radius 1 is 0.938 bits per heavy atom. The quantitative estimate of drug-likeness (QED) is 0.104. The molecule has 0 spiro atoms. The largest absolute Gasteiger partial charge is 0.390 e. The van der Waals surface area contributed by atoms with Crippen LogP contribution in [0.25, 0.3) is 17.0 Å². The summed E-state index contributed by atoms with van der Waals surface area (Å²) in [4.78, 5) is 67.3. The van der Waals surface area contributed by atoms with E-state index in [1.54, 1.807) is 29.5 Å². The average Bonchev–Trinajstić information content (AvgIpc) is 3.68. The van der Waals surface area contributed by atoms with Crippen molar-refractivity contribution in [3.8, 4) is 0 Å². The Bertz CT molecular complexity index is 2270. The van der Waals surface area contributed by atoms with E-state index in [4.69, 9.17) is 5.73 Å². The minimum Gasteiger partial charge on any atom is -0.390 e. The highest BCUT2D eigenvalue weighted by Crippen LogP contribution is 2.39. The number of amides is 4. The van der Waals surface area contributed by atoms with Crippen LogP contribution >= 0.6 is 11.3 Å². The number of primary amides is 1. The number of aliphatic imine (C=N–C) groups is 1. The van der Waals surface area contributed by atoms with E-state index in [-0.39, 0.29) is 24.6 Å². The Balaban J connectivity index is 0.000000380. The first-order valence-electron chi connectivity index (χ1n) is 22.6. The van der Waals surface area contributed by atoms with Gasteiger partial charge in [-0.1, -0.05) is 73.9 Å². The molecule has 2 aromatic heterocycles. The number of nitrogens with one attached hydrogen (secondary N) is 3. The van der Waals surface area contributed by atoms with Crippen LogP contribution in [0.4, 0.5) is 0 Å². The number of benzene rings is 2. The van der Waals surface area contributed by atoms with Crippen LogP contribution in [0.5, 0.6) is 0 Å². The van der Waals surface area contributed by atoms with Gasteiger partial charge in [0, 0.05) is 49.0 Å². The molecule has 4 amide bonds. The molecule has 13 nitrogen and oxygen atoms in total. The van der Waals surface area contributed by atoms with Crippen molar-refractivity contribution in [1.82, 2.24) is 30.7 Å². The second kappa shape index (κ2) is 22.5. The standard InChI is InChI=1S/C38H50N6O5.C12H16N2S/c1-38(2,3)43-37(49)32-20-26-14-7-8-15-27(26)22-44(32)23-33(45)30(19-24-11-5-4-6-12-24)41-36(48)31(21-34(39)46)42-35(47)29-18-17-25-13-9-10-16-28(25)40-29;1-10-6-9-15-11(10)4-5-12-13-7-3-8-14(12)2/h4-6,9-13,16-18,26-27,30-33,45H,7-8,14-15,19-23H2,1-3H3,(H2,39,46)(H,41,48)(H,42,47)(H,43,49);4-6,9H,3,7-8H2,1-2H3/b;5-4+/t26-,27+,30-,31-,32-,33+;/m0./s1. The van der Waals surface area contributed by atoms with Crippen LogP contribution in [0.2, 0.25) is 0 Å². The fourth-order valence-electron chi connectivity index (χ4n) is 8.89. The third-order valence-electron chi connectivity index (χ3n) is 12.3. The number of aliphatic hydroxyl groups is 1. The van der Waals surface area contributed by atoms with Gasteiger partial charge in [-0.2, -0.15) is 0 Å². The maximum atomic E-state index is 13.8. The molecule has 3 aliphatic rings. The van der Waals surface area contributed by atoms with Gasteiger partial charge >= 0.3 is 0 Å². The summed E-state index contributed by atoms with van der Waals surface area (Å²) in [6.45, 7) is 11.0. The number of aryl methyl sites for hydroxylation is 1. The zero-order valence-corrected chi connectivity index (χ0v) is 38.8. The van der Waals surface area contributed by atoms with Crippen molar-refractivity contribution in [3.63, 3.8) is 0 Å². The summed E-state index contributed by atoms with van der Waals surface area (Å²) >= 11 is 1.78. The summed E-state index contributed by atoms with van der Waals surface area (Å²) in [6.07, 6.45) is 9.49. The van der Waals surface area contributed by atoms with Gasteiger partial charge in [0.2, 0.25) is 17.7 Å². The molecule has 1 saturated heterocycles. The first-order valence-corrected chi connectivity index (χ1v) is 23.5. The number of hydrogen-bond acceptors (Lipinski definition) is 10. The number of thiophene rings is 1. The number of fused-ring (bicyclic) bond motifs is 2. The molecule has 0 radical (unpaired) electrons. The van der Waals surface area contributed by atoms with E-state index in [0.717, 1.165) is 55.6 Å². The molecular weight excluding hydrogens is 825 g/mol. The number of likely N-dealkylation sites (N-methyl/N-ethyl adjacent to an activating group) is 1. The smallest absolute Gasteiger partial charge is 0.270 e. The topological polar surface area (TPSA) is 182 Å². The lowest BCUT2D eigenvalue weighted by atomic mass is 9.72. The number of piperidine rings is 1. The second-order valence-electron chi connectivity index (χ2n) is 18.5. The van der Waals surface area contributed by atoms with Gasteiger partial charge in [0.25, 0.3) is 5.91 Å². The minimum atomic E-state index is -1.30. The van der Waals surface area contributed by atoms with E-state index < -0.39 is 53.9 Å². The molecule has 4 aromatic rings. The lowest BCUT2D eigenvalue weighted by Crippen LogP contribution is -2.61. The average molecular weight is 891 g/mol. The predicted molar refractivity (Wildman–Crippen MR) is 256 cm³/mol. The summed E-state index contributed by atoms with van der Waals surface area (Å²) in [5.41, 5.74) is 8.05.